The van der Waals surface area contributed by atoms with Crippen LogP contribution in [0.3, 0.4) is 0 Å². The monoisotopic (exact) mass is 600 g/mol. The van der Waals surface area contributed by atoms with Crippen molar-refractivity contribution in [3.05, 3.63) is 82.2 Å². The lowest BCUT2D eigenvalue weighted by atomic mass is 9.58. The highest BCUT2D eigenvalue weighted by Crippen LogP contribution is 2.51. The third-order valence-corrected chi connectivity index (χ3v) is 10.2. The molecule has 9 heteroatoms. The van der Waals surface area contributed by atoms with E-state index >= 15 is 0 Å². The molecular formula is C35H42BFN2O5. The summed E-state index contributed by atoms with van der Waals surface area (Å²) >= 11 is 0. The molecule has 44 heavy (non-hydrogen) atoms. The first-order valence-electron chi connectivity index (χ1n) is 16.1. The van der Waals surface area contributed by atoms with E-state index in [4.69, 9.17) is 4.65 Å². The van der Waals surface area contributed by atoms with Gasteiger partial charge in [-0.25, -0.2) is 4.39 Å². The minimum Gasteiger partial charge on any atom is -0.505 e. The van der Waals surface area contributed by atoms with Crippen molar-refractivity contribution in [3.63, 3.8) is 0 Å². The zero-order chi connectivity index (χ0) is 31.0. The molecule has 2 amide bonds. The fourth-order valence-electron chi connectivity index (χ4n) is 8.00. The Kier molecular flexibility index (Phi) is 9.08. The van der Waals surface area contributed by atoms with Crippen LogP contribution in [0.1, 0.15) is 63.5 Å². The van der Waals surface area contributed by atoms with Crippen LogP contribution in [0.4, 0.5) is 4.39 Å². The van der Waals surface area contributed by atoms with E-state index in [2.05, 4.69) is 17.0 Å². The number of imide groups is 1. The number of likely N-dealkylation sites (tertiary alicyclic amines) is 2. The summed E-state index contributed by atoms with van der Waals surface area (Å²) in [6, 6.07) is 14.6. The van der Waals surface area contributed by atoms with Gasteiger partial charge in [-0.3, -0.25) is 19.4 Å². The third-order valence-electron chi connectivity index (χ3n) is 10.2. The van der Waals surface area contributed by atoms with Gasteiger partial charge in [0.25, 0.3) is 0 Å². The largest absolute Gasteiger partial charge is 0.505 e. The number of piperidine rings is 1. The van der Waals surface area contributed by atoms with Crippen LogP contribution >= 0.6 is 0 Å². The molecule has 2 N–H and O–H groups in total. The Morgan fingerprint density at radius 1 is 1.09 bits per heavy atom. The topological polar surface area (TPSA) is 90.3 Å². The number of rotatable bonds is 8. The maximum Gasteiger partial charge on any atom is 0.455 e. The maximum atomic E-state index is 14.1. The highest BCUT2D eigenvalue weighted by molar-refractivity contribution is 6.43. The number of carbonyl (C=O) groups excluding carboxylic acids is 2. The van der Waals surface area contributed by atoms with Crippen LogP contribution in [0, 0.1) is 23.6 Å². The minimum atomic E-state index is -1.00. The smallest absolute Gasteiger partial charge is 0.455 e. The number of benzene rings is 2. The van der Waals surface area contributed by atoms with E-state index in [1.54, 1.807) is 11.0 Å². The molecule has 0 bridgehead atoms. The number of phenolic OH excluding ortho intramolecular Hbond substituents is 1. The Balaban J connectivity index is 1.14. The summed E-state index contributed by atoms with van der Waals surface area (Å²) < 4.78 is 20.0. The summed E-state index contributed by atoms with van der Waals surface area (Å²) in [5.74, 6) is -2.20. The van der Waals surface area contributed by atoms with Crippen molar-refractivity contribution in [2.24, 2.45) is 17.8 Å². The van der Waals surface area contributed by atoms with E-state index in [0.29, 0.717) is 31.1 Å². The van der Waals surface area contributed by atoms with Crippen molar-refractivity contribution in [2.75, 3.05) is 13.1 Å². The zero-order valence-corrected chi connectivity index (χ0v) is 25.6. The van der Waals surface area contributed by atoms with Crippen molar-refractivity contribution >= 4 is 25.0 Å². The number of hydrogen-bond donors (Lipinski definition) is 2. The van der Waals surface area contributed by atoms with Crippen LogP contribution in [-0.2, 0) is 20.8 Å². The van der Waals surface area contributed by atoms with Gasteiger partial charge in [0.15, 0.2) is 11.6 Å². The molecular weight excluding hydrogens is 558 g/mol. The van der Waals surface area contributed by atoms with Gasteiger partial charge in [0.2, 0.25) is 11.8 Å². The highest BCUT2D eigenvalue weighted by atomic mass is 19.1. The van der Waals surface area contributed by atoms with Gasteiger partial charge in [-0.2, -0.15) is 0 Å². The van der Waals surface area contributed by atoms with Crippen LogP contribution in [0.2, 0.25) is 6.32 Å². The molecule has 4 aliphatic rings. The van der Waals surface area contributed by atoms with Crippen LogP contribution in [0.5, 0.6) is 5.75 Å². The molecule has 7 nitrogen and oxygen atoms in total. The van der Waals surface area contributed by atoms with E-state index in [0.717, 1.165) is 55.6 Å². The molecule has 0 unspecified atom stereocenters. The summed E-state index contributed by atoms with van der Waals surface area (Å²) in [4.78, 5) is 31.8. The van der Waals surface area contributed by atoms with Gasteiger partial charge < -0.3 is 14.8 Å². The van der Waals surface area contributed by atoms with E-state index in [-0.39, 0.29) is 41.5 Å². The Hall–Kier alpha value is -3.27. The Morgan fingerprint density at radius 3 is 2.55 bits per heavy atom. The summed E-state index contributed by atoms with van der Waals surface area (Å²) in [5.41, 5.74) is 5.21. The van der Waals surface area contributed by atoms with Gasteiger partial charge >= 0.3 is 7.12 Å². The van der Waals surface area contributed by atoms with Crippen LogP contribution < -0.4 is 0 Å². The molecule has 0 saturated carbocycles. The number of fused-ring (bicyclic) bond motifs is 3. The molecule has 232 valence electrons. The SMILES string of the molecule is CC/C(=C\c1ccc(O)c(F)c1)CC[C@H]1OB(O)C[C@H]2C1=C(C)C[C@H]1C(=O)N(C3CCN(Cc4ccccc4)CC3)C(=O)[C@H]12. The quantitative estimate of drug-likeness (QED) is 0.234. The molecule has 3 aliphatic heterocycles. The number of phenols is 1. The summed E-state index contributed by atoms with van der Waals surface area (Å²) in [5, 5.41) is 20.3. The van der Waals surface area contributed by atoms with E-state index in [9.17, 15) is 24.1 Å². The molecule has 3 fully saturated rings. The lowest BCUT2D eigenvalue weighted by Crippen LogP contribution is -2.48. The van der Waals surface area contributed by atoms with Gasteiger partial charge in [0.1, 0.15) is 0 Å². The van der Waals surface area contributed by atoms with Crippen molar-refractivity contribution in [1.82, 2.24) is 9.80 Å². The van der Waals surface area contributed by atoms with Gasteiger partial charge in [-0.1, -0.05) is 60.5 Å². The molecule has 1 aliphatic carbocycles. The number of halogens is 1. The fourth-order valence-corrected chi connectivity index (χ4v) is 8.00. The second-order valence-corrected chi connectivity index (χ2v) is 12.9. The third kappa shape index (κ3) is 6.15. The number of nitrogens with zero attached hydrogens (tertiary/aromatic N) is 2. The van der Waals surface area contributed by atoms with Gasteiger partial charge in [0, 0.05) is 25.7 Å². The molecule has 4 atom stereocenters. The van der Waals surface area contributed by atoms with Gasteiger partial charge in [-0.15, -0.1) is 0 Å². The maximum absolute atomic E-state index is 14.1. The number of hydrogen-bond acceptors (Lipinski definition) is 6. The molecule has 3 saturated heterocycles. The average Bonchev–Trinajstić information content (AvgIpc) is 3.26. The molecule has 3 heterocycles. The molecule has 2 aromatic rings. The summed E-state index contributed by atoms with van der Waals surface area (Å²) in [7, 11) is -1.00. The molecule has 0 radical (unpaired) electrons. The van der Waals surface area contributed by atoms with Crippen molar-refractivity contribution < 1.29 is 28.8 Å². The van der Waals surface area contributed by atoms with E-state index in [1.165, 1.54) is 17.7 Å². The second-order valence-electron chi connectivity index (χ2n) is 12.9. The predicted molar refractivity (Wildman–Crippen MR) is 168 cm³/mol. The fraction of sp³-hybridized carbons (Fsp3) is 0.486. The molecule has 2 aromatic carbocycles. The predicted octanol–water partition coefficient (Wildman–Crippen LogP) is 5.59. The highest BCUT2D eigenvalue weighted by Gasteiger charge is 2.58. The summed E-state index contributed by atoms with van der Waals surface area (Å²) in [6.45, 7) is 6.65. The first-order chi connectivity index (χ1) is 21.2. The normalized spacial score (nSPS) is 26.8. The number of allylic oxidation sites excluding steroid dienone is 2. The van der Waals surface area contributed by atoms with Gasteiger partial charge in [0.05, 0.1) is 17.9 Å². The second kappa shape index (κ2) is 13.0. The molecule has 0 aromatic heterocycles. The lowest BCUT2D eigenvalue weighted by molar-refractivity contribution is -0.144. The zero-order valence-electron chi connectivity index (χ0n) is 25.6. The van der Waals surface area contributed by atoms with Crippen molar-refractivity contribution in [1.29, 1.82) is 0 Å². The van der Waals surface area contributed by atoms with Crippen molar-refractivity contribution in [3.8, 4) is 5.75 Å². The lowest BCUT2D eigenvalue weighted by Gasteiger charge is -2.42. The minimum absolute atomic E-state index is 0.0465. The standard InChI is InChI=1S/C35H42BFN2O5/c1-3-23(18-25-9-11-30(40)29(37)19-25)10-12-31-32-22(2)17-27-33(28(32)20-36(43)44-31)35(42)39(34(27)41)26-13-15-38(16-14-26)21-24-7-5-4-6-8-24/h4-9,11,18-19,26-28,31,33,40,43H,3,10,12-17,20-21H2,1-2H3/b23-18+/t27-,28+,31-,33-/m1/s1. The summed E-state index contributed by atoms with van der Waals surface area (Å²) in [6.07, 6.45) is 6.04. The number of aromatic hydroxyl groups is 1. The van der Waals surface area contributed by atoms with E-state index < -0.39 is 18.9 Å². The molecule has 6 rings (SSSR count). The van der Waals surface area contributed by atoms with Gasteiger partial charge in [-0.05, 0) is 86.5 Å². The average molecular weight is 601 g/mol. The first kappa shape index (κ1) is 30.7. The van der Waals surface area contributed by atoms with Crippen LogP contribution in [0.25, 0.3) is 6.08 Å². The van der Waals surface area contributed by atoms with Crippen LogP contribution in [-0.4, -0.2) is 64.1 Å². The molecule has 0 spiro atoms. The van der Waals surface area contributed by atoms with Crippen LogP contribution in [0.15, 0.2) is 65.3 Å². The van der Waals surface area contributed by atoms with Crippen molar-refractivity contribution in [2.45, 2.75) is 77.4 Å². The first-order valence-corrected chi connectivity index (χ1v) is 16.1. The Bertz CT molecular complexity index is 1450. The van der Waals surface area contributed by atoms with E-state index in [1.807, 2.05) is 38.1 Å². The Labute approximate surface area is 259 Å². The Morgan fingerprint density at radius 2 is 1.84 bits per heavy atom. The number of amides is 2. The number of carbonyl (C=O) groups is 2.